The van der Waals surface area contributed by atoms with E-state index in [0.717, 1.165) is 0 Å². The molecule has 1 atom stereocenters. The number of likely N-dealkylation sites (N-methyl/N-ethyl adjacent to an activating group) is 1. The number of aromatic nitrogens is 1. The van der Waals surface area contributed by atoms with E-state index in [4.69, 9.17) is 17.3 Å². The zero-order valence-electron chi connectivity index (χ0n) is 17.0. The Hall–Kier alpha value is -2.04. The largest absolute Gasteiger partial charge is 0.324 e. The van der Waals surface area contributed by atoms with Crippen LogP contribution in [0.3, 0.4) is 0 Å². The van der Waals surface area contributed by atoms with Crippen molar-refractivity contribution in [2.45, 2.75) is 19.5 Å². The lowest BCUT2D eigenvalue weighted by atomic mass is 10.2. The third-order valence-corrected chi connectivity index (χ3v) is 7.38. The van der Waals surface area contributed by atoms with Gasteiger partial charge >= 0.3 is 10.2 Å². The molecule has 2 N–H and O–H groups in total. The first kappa shape index (κ1) is 22.6. The number of ketones is 1. The fourth-order valence-electron chi connectivity index (χ4n) is 3.25. The number of carbonyl (C=O) groups excluding carboxylic acids is 1. The Balaban J connectivity index is 1.94. The Morgan fingerprint density at radius 2 is 2.07 bits per heavy atom. The molecule has 0 unspecified atom stereocenters. The minimum atomic E-state index is -3.83. The Bertz CT molecular complexity index is 1000. The van der Waals surface area contributed by atoms with E-state index in [0.29, 0.717) is 41.6 Å². The molecular formula is C20H26ClN5O3S. The van der Waals surface area contributed by atoms with Crippen LogP contribution in [0.5, 0.6) is 0 Å². The second-order valence-corrected chi connectivity index (χ2v) is 9.64. The molecule has 1 fully saturated rings. The van der Waals surface area contributed by atoms with Crippen LogP contribution in [0.15, 0.2) is 42.6 Å². The summed E-state index contributed by atoms with van der Waals surface area (Å²) in [5, 5.41) is 0.441. The monoisotopic (exact) mass is 451 g/mol. The molecule has 10 heteroatoms. The van der Waals surface area contributed by atoms with Gasteiger partial charge in [-0.1, -0.05) is 17.7 Å². The quantitative estimate of drug-likeness (QED) is 0.644. The van der Waals surface area contributed by atoms with Crippen molar-refractivity contribution in [3.63, 3.8) is 0 Å². The van der Waals surface area contributed by atoms with Gasteiger partial charge in [0.2, 0.25) is 0 Å². The molecule has 1 saturated heterocycles. The lowest BCUT2D eigenvalue weighted by molar-refractivity contribution is 0.100. The molecular weight excluding hydrogens is 426 g/mol. The number of anilines is 1. The predicted octanol–water partition coefficient (Wildman–Crippen LogP) is 1.76. The highest BCUT2D eigenvalue weighted by molar-refractivity contribution is 7.90. The number of benzene rings is 1. The number of halogens is 1. The normalized spacial score (nSPS) is 18.3. The summed E-state index contributed by atoms with van der Waals surface area (Å²) in [6, 6.07) is 10.1. The van der Waals surface area contributed by atoms with Gasteiger partial charge in [0.25, 0.3) is 0 Å². The minimum Gasteiger partial charge on any atom is -0.324 e. The van der Waals surface area contributed by atoms with Crippen LogP contribution in [-0.4, -0.2) is 67.7 Å². The number of hydrogen-bond donors (Lipinski definition) is 1. The third-order valence-electron chi connectivity index (χ3n) is 5.26. The molecule has 2 heterocycles. The van der Waals surface area contributed by atoms with E-state index in [1.807, 2.05) is 14.0 Å². The van der Waals surface area contributed by atoms with Crippen molar-refractivity contribution in [1.82, 2.24) is 14.2 Å². The molecule has 8 nitrogen and oxygen atoms in total. The van der Waals surface area contributed by atoms with Gasteiger partial charge < -0.3 is 10.6 Å². The first-order valence-corrected chi connectivity index (χ1v) is 11.4. The summed E-state index contributed by atoms with van der Waals surface area (Å²) in [5.41, 5.74) is 6.75. The molecule has 1 aliphatic heterocycles. The van der Waals surface area contributed by atoms with Crippen LogP contribution in [0.2, 0.25) is 5.02 Å². The average molecular weight is 452 g/mol. The Kier molecular flexibility index (Phi) is 7.10. The van der Waals surface area contributed by atoms with Crippen molar-refractivity contribution in [3.8, 4) is 0 Å². The summed E-state index contributed by atoms with van der Waals surface area (Å²) in [4.78, 5) is 18.1. The molecule has 3 rings (SSSR count). The van der Waals surface area contributed by atoms with Gasteiger partial charge in [-0.25, -0.2) is 0 Å². The summed E-state index contributed by atoms with van der Waals surface area (Å²) in [5.74, 6) is -0.222. The Morgan fingerprint density at radius 3 is 2.67 bits per heavy atom. The number of piperazine rings is 1. The topological polar surface area (TPSA) is 99.8 Å². The molecule has 0 spiro atoms. The maximum atomic E-state index is 13.6. The molecule has 1 aromatic carbocycles. The predicted molar refractivity (Wildman–Crippen MR) is 118 cm³/mol. The first-order chi connectivity index (χ1) is 14.2. The highest BCUT2D eigenvalue weighted by Gasteiger charge is 2.34. The van der Waals surface area contributed by atoms with E-state index in [2.05, 4.69) is 9.88 Å². The number of Topliss-reactive ketones (excluding diaryl/α,β-unsaturated/α-hetero) is 1. The minimum absolute atomic E-state index is 0.0144. The fourth-order valence-corrected chi connectivity index (χ4v) is 5.10. The van der Waals surface area contributed by atoms with Gasteiger partial charge in [0.1, 0.15) is 0 Å². The lowest BCUT2D eigenvalue weighted by Gasteiger charge is -2.39. The number of hydrogen-bond acceptors (Lipinski definition) is 6. The summed E-state index contributed by atoms with van der Waals surface area (Å²) in [6.45, 7) is 3.36. The van der Waals surface area contributed by atoms with Crippen LogP contribution < -0.4 is 10.0 Å². The Morgan fingerprint density at radius 1 is 1.30 bits per heavy atom. The van der Waals surface area contributed by atoms with E-state index < -0.39 is 10.2 Å². The van der Waals surface area contributed by atoms with Crippen LogP contribution in [0.4, 0.5) is 5.69 Å². The van der Waals surface area contributed by atoms with E-state index in [-0.39, 0.29) is 24.9 Å². The van der Waals surface area contributed by atoms with Gasteiger partial charge in [-0.05, 0) is 44.3 Å². The molecule has 0 saturated carbocycles. The van der Waals surface area contributed by atoms with E-state index in [1.165, 1.54) is 14.8 Å². The molecule has 0 aliphatic carbocycles. The summed E-state index contributed by atoms with van der Waals surface area (Å²) in [6.07, 6.45) is 1.42. The summed E-state index contributed by atoms with van der Waals surface area (Å²) < 4.78 is 29.9. The van der Waals surface area contributed by atoms with Gasteiger partial charge in [-0.15, -0.1) is 0 Å². The van der Waals surface area contributed by atoms with E-state index in [9.17, 15) is 13.2 Å². The van der Waals surface area contributed by atoms with Crippen molar-refractivity contribution in [2.24, 2.45) is 5.73 Å². The van der Waals surface area contributed by atoms with Gasteiger partial charge in [0, 0.05) is 42.5 Å². The number of pyridine rings is 1. The molecule has 30 heavy (non-hydrogen) atoms. The van der Waals surface area contributed by atoms with Crippen LogP contribution in [0.25, 0.3) is 0 Å². The third kappa shape index (κ3) is 4.98. The second kappa shape index (κ2) is 9.40. The van der Waals surface area contributed by atoms with Crippen molar-refractivity contribution in [2.75, 3.05) is 37.5 Å². The van der Waals surface area contributed by atoms with Crippen molar-refractivity contribution < 1.29 is 13.2 Å². The molecule has 0 bridgehead atoms. The summed E-state index contributed by atoms with van der Waals surface area (Å²) in [7, 11) is -1.84. The molecule has 1 aliphatic rings. The first-order valence-electron chi connectivity index (χ1n) is 9.64. The highest BCUT2D eigenvalue weighted by atomic mass is 35.5. The maximum absolute atomic E-state index is 13.6. The zero-order chi connectivity index (χ0) is 21.9. The van der Waals surface area contributed by atoms with Gasteiger partial charge in [-0.2, -0.15) is 12.7 Å². The van der Waals surface area contributed by atoms with Gasteiger partial charge in [0.05, 0.1) is 24.5 Å². The van der Waals surface area contributed by atoms with Gasteiger partial charge in [-0.3, -0.25) is 14.1 Å². The van der Waals surface area contributed by atoms with Crippen molar-refractivity contribution >= 4 is 33.3 Å². The van der Waals surface area contributed by atoms with Crippen LogP contribution in [0, 0.1) is 0 Å². The average Bonchev–Trinajstić information content (AvgIpc) is 2.73. The number of nitrogens with zero attached hydrogens (tertiary/aromatic N) is 4. The molecule has 1 aromatic heterocycles. The number of nitrogens with two attached hydrogens (primary N) is 1. The van der Waals surface area contributed by atoms with E-state index >= 15 is 0 Å². The second-order valence-electron chi connectivity index (χ2n) is 7.35. The number of carbonyl (C=O) groups is 1. The standard InChI is InChI=1S/C20H26ClN5O3S/c1-15-13-25(9-8-24(15)2)30(28,29)26(19-5-3-4-17(21)10-19)14-18-7-6-16(12-23-18)20(27)11-22/h3-7,10,12,15H,8-9,11,13-14,22H2,1-2H3/t15-/m1/s1. The fraction of sp³-hybridized carbons (Fsp3) is 0.400. The zero-order valence-corrected chi connectivity index (χ0v) is 18.6. The highest BCUT2D eigenvalue weighted by Crippen LogP contribution is 2.27. The van der Waals surface area contributed by atoms with Gasteiger partial charge in [0.15, 0.2) is 5.78 Å². The number of rotatable bonds is 7. The van der Waals surface area contributed by atoms with Crippen molar-refractivity contribution in [1.29, 1.82) is 0 Å². The summed E-state index contributed by atoms with van der Waals surface area (Å²) >= 11 is 6.13. The maximum Gasteiger partial charge on any atom is 0.304 e. The smallest absolute Gasteiger partial charge is 0.304 e. The van der Waals surface area contributed by atoms with Crippen molar-refractivity contribution in [3.05, 3.63) is 58.9 Å². The van der Waals surface area contributed by atoms with E-state index in [1.54, 1.807) is 36.4 Å². The molecule has 2 aromatic rings. The lowest BCUT2D eigenvalue weighted by Crippen LogP contribution is -2.55. The van der Waals surface area contributed by atoms with Crippen LogP contribution in [-0.2, 0) is 16.8 Å². The molecule has 0 amide bonds. The molecule has 162 valence electrons. The molecule has 0 radical (unpaired) electrons. The van der Waals surface area contributed by atoms with Crippen LogP contribution >= 0.6 is 11.6 Å². The van der Waals surface area contributed by atoms with Crippen LogP contribution in [0.1, 0.15) is 23.0 Å². The SMILES string of the molecule is C[C@@H]1CN(S(=O)(=O)N(Cc2ccc(C(=O)CN)cn2)c2cccc(Cl)c2)CCN1C. The Labute approximate surface area is 182 Å².